The van der Waals surface area contributed by atoms with Crippen molar-refractivity contribution >= 4 is 17.5 Å². The molecule has 3 rings (SSSR count). The fraction of sp³-hybridized carbons (Fsp3) is 0.111. The van der Waals surface area contributed by atoms with E-state index in [1.165, 1.54) is 6.07 Å². The lowest BCUT2D eigenvalue weighted by atomic mass is 10.0. The van der Waals surface area contributed by atoms with Crippen LogP contribution in [0.2, 0.25) is 5.02 Å². The number of nitrogens with one attached hydrogen (secondary N) is 1. The maximum absolute atomic E-state index is 14.0. The Bertz CT molecular complexity index is 892. The van der Waals surface area contributed by atoms with E-state index >= 15 is 0 Å². The second-order valence-electron chi connectivity index (χ2n) is 5.22. The highest BCUT2D eigenvalue weighted by molar-refractivity contribution is 6.31. The number of hydrogen-bond acceptors (Lipinski definition) is 3. The third-order valence-electron chi connectivity index (χ3n) is 3.62. The molecule has 0 aliphatic rings. The quantitative estimate of drug-likeness (QED) is 0.764. The molecule has 1 amide bonds. The normalized spacial score (nSPS) is 10.6. The van der Waals surface area contributed by atoms with Gasteiger partial charge in [0.05, 0.1) is 0 Å². The first-order valence-electron chi connectivity index (χ1n) is 7.30. The minimum Gasteiger partial charge on any atom is -0.360 e. The summed E-state index contributed by atoms with van der Waals surface area (Å²) in [5.74, 6) is -0.539. The smallest absolute Gasteiger partial charge is 0.257 e. The molecule has 0 radical (unpaired) electrons. The summed E-state index contributed by atoms with van der Waals surface area (Å²) in [4.78, 5) is 12.5. The molecule has 0 spiro atoms. The van der Waals surface area contributed by atoms with E-state index in [0.717, 1.165) is 5.56 Å². The fourth-order valence-corrected chi connectivity index (χ4v) is 2.58. The molecule has 0 fully saturated rings. The van der Waals surface area contributed by atoms with E-state index in [1.807, 2.05) is 18.2 Å². The lowest BCUT2D eigenvalue weighted by molar-refractivity contribution is 0.0950. The predicted octanol–water partition coefficient (Wildman–Crippen LogP) is 4.37. The van der Waals surface area contributed by atoms with Gasteiger partial charge in [0.1, 0.15) is 22.8 Å². The zero-order valence-corrected chi connectivity index (χ0v) is 13.6. The van der Waals surface area contributed by atoms with Gasteiger partial charge in [-0.15, -0.1) is 0 Å². The van der Waals surface area contributed by atoms with Crippen LogP contribution in [0, 0.1) is 12.7 Å². The Balaban J connectivity index is 1.87. The molecule has 3 aromatic rings. The van der Waals surface area contributed by atoms with Crippen LogP contribution in [-0.2, 0) is 6.54 Å². The van der Waals surface area contributed by atoms with Crippen molar-refractivity contribution in [1.82, 2.24) is 10.5 Å². The SMILES string of the molecule is Cc1onc(-c2ccccc2F)c1C(=O)NCc1ccccc1Cl. The average molecular weight is 345 g/mol. The highest BCUT2D eigenvalue weighted by Gasteiger charge is 2.23. The van der Waals surface area contributed by atoms with E-state index < -0.39 is 11.7 Å². The van der Waals surface area contributed by atoms with Crippen molar-refractivity contribution in [1.29, 1.82) is 0 Å². The van der Waals surface area contributed by atoms with Crippen molar-refractivity contribution < 1.29 is 13.7 Å². The Morgan fingerprint density at radius 1 is 1.21 bits per heavy atom. The van der Waals surface area contributed by atoms with E-state index in [2.05, 4.69) is 10.5 Å². The van der Waals surface area contributed by atoms with Crippen LogP contribution < -0.4 is 5.32 Å². The highest BCUT2D eigenvalue weighted by Crippen LogP contribution is 2.27. The molecule has 0 saturated heterocycles. The number of aromatic nitrogens is 1. The number of nitrogens with zero attached hydrogens (tertiary/aromatic N) is 1. The average Bonchev–Trinajstić information content (AvgIpc) is 2.96. The number of rotatable bonds is 4. The molecule has 0 bridgehead atoms. The molecule has 24 heavy (non-hydrogen) atoms. The number of hydrogen-bond donors (Lipinski definition) is 1. The molecular formula is C18H14ClFN2O2. The van der Waals surface area contributed by atoms with E-state index in [1.54, 1.807) is 31.2 Å². The topological polar surface area (TPSA) is 55.1 Å². The van der Waals surface area contributed by atoms with Gasteiger partial charge < -0.3 is 9.84 Å². The number of carbonyl (C=O) groups excluding carboxylic acids is 1. The maximum Gasteiger partial charge on any atom is 0.257 e. The minimum atomic E-state index is -0.467. The van der Waals surface area contributed by atoms with Crippen molar-refractivity contribution in [2.75, 3.05) is 0 Å². The second-order valence-corrected chi connectivity index (χ2v) is 5.62. The van der Waals surface area contributed by atoms with Crippen molar-refractivity contribution in [2.24, 2.45) is 0 Å². The summed E-state index contributed by atoms with van der Waals surface area (Å²) in [6.07, 6.45) is 0. The minimum absolute atomic E-state index is 0.183. The van der Waals surface area contributed by atoms with Gasteiger partial charge in [0.25, 0.3) is 5.91 Å². The molecule has 0 unspecified atom stereocenters. The molecular weight excluding hydrogens is 331 g/mol. The molecule has 0 saturated carbocycles. The summed E-state index contributed by atoms with van der Waals surface area (Å²) in [5.41, 5.74) is 1.40. The third kappa shape index (κ3) is 3.16. The molecule has 4 nitrogen and oxygen atoms in total. The summed E-state index contributed by atoms with van der Waals surface area (Å²) in [5, 5.41) is 7.17. The van der Waals surface area contributed by atoms with Crippen LogP contribution in [-0.4, -0.2) is 11.1 Å². The first-order chi connectivity index (χ1) is 11.6. The number of amides is 1. The van der Waals surface area contributed by atoms with Crippen LogP contribution >= 0.6 is 11.6 Å². The number of halogens is 2. The maximum atomic E-state index is 14.0. The van der Waals surface area contributed by atoms with E-state index in [4.69, 9.17) is 16.1 Å². The molecule has 122 valence electrons. The lowest BCUT2D eigenvalue weighted by Crippen LogP contribution is -2.24. The Morgan fingerprint density at radius 2 is 1.92 bits per heavy atom. The van der Waals surface area contributed by atoms with Crippen LogP contribution in [0.4, 0.5) is 4.39 Å². The largest absolute Gasteiger partial charge is 0.360 e. The molecule has 1 heterocycles. The van der Waals surface area contributed by atoms with E-state index in [-0.39, 0.29) is 23.4 Å². The van der Waals surface area contributed by atoms with Gasteiger partial charge in [-0.2, -0.15) is 0 Å². The standard InChI is InChI=1S/C18H14ClFN2O2/c1-11-16(17(22-24-11)13-7-3-5-9-15(13)20)18(23)21-10-12-6-2-4-8-14(12)19/h2-9H,10H2,1H3,(H,21,23). The van der Waals surface area contributed by atoms with Gasteiger partial charge in [-0.3, -0.25) is 4.79 Å². The molecule has 0 aliphatic heterocycles. The van der Waals surface area contributed by atoms with Crippen molar-refractivity contribution in [3.8, 4) is 11.3 Å². The molecule has 1 aromatic heterocycles. The van der Waals surface area contributed by atoms with Crippen LogP contribution in [0.1, 0.15) is 21.7 Å². The summed E-state index contributed by atoms with van der Waals surface area (Å²) < 4.78 is 19.1. The van der Waals surface area contributed by atoms with Gasteiger partial charge in [-0.25, -0.2) is 4.39 Å². The van der Waals surface area contributed by atoms with Gasteiger partial charge >= 0.3 is 0 Å². The van der Waals surface area contributed by atoms with Crippen LogP contribution in [0.25, 0.3) is 11.3 Å². The molecule has 2 aromatic carbocycles. The van der Waals surface area contributed by atoms with Crippen LogP contribution in [0.15, 0.2) is 53.1 Å². The molecule has 1 N–H and O–H groups in total. The van der Waals surface area contributed by atoms with Gasteiger partial charge in [-0.05, 0) is 30.7 Å². The molecule has 6 heteroatoms. The number of aryl methyl sites for hydroxylation is 1. The van der Waals surface area contributed by atoms with Gasteiger partial charge in [0, 0.05) is 17.1 Å². The Hall–Kier alpha value is -2.66. The molecule has 0 atom stereocenters. The molecule has 0 aliphatic carbocycles. The van der Waals surface area contributed by atoms with Crippen LogP contribution in [0.5, 0.6) is 0 Å². The summed E-state index contributed by atoms with van der Waals surface area (Å²) >= 11 is 6.08. The first kappa shape index (κ1) is 16.2. The van der Waals surface area contributed by atoms with Crippen LogP contribution in [0.3, 0.4) is 0 Å². The summed E-state index contributed by atoms with van der Waals surface area (Å²) in [6.45, 7) is 1.86. The predicted molar refractivity (Wildman–Crippen MR) is 89.3 cm³/mol. The lowest BCUT2D eigenvalue weighted by Gasteiger charge is -2.07. The zero-order chi connectivity index (χ0) is 17.1. The zero-order valence-electron chi connectivity index (χ0n) is 12.8. The van der Waals surface area contributed by atoms with Gasteiger partial charge in [0.2, 0.25) is 0 Å². The Kier molecular flexibility index (Phi) is 4.62. The number of carbonyl (C=O) groups is 1. The second kappa shape index (κ2) is 6.84. The fourth-order valence-electron chi connectivity index (χ4n) is 2.38. The number of benzene rings is 2. The van der Waals surface area contributed by atoms with Crippen molar-refractivity contribution in [3.05, 3.63) is 76.3 Å². The highest BCUT2D eigenvalue weighted by atomic mass is 35.5. The summed E-state index contributed by atoms with van der Waals surface area (Å²) in [6, 6.07) is 13.3. The third-order valence-corrected chi connectivity index (χ3v) is 3.98. The van der Waals surface area contributed by atoms with E-state index in [9.17, 15) is 9.18 Å². The first-order valence-corrected chi connectivity index (χ1v) is 7.68. The monoisotopic (exact) mass is 344 g/mol. The van der Waals surface area contributed by atoms with E-state index in [0.29, 0.717) is 10.8 Å². The van der Waals surface area contributed by atoms with Gasteiger partial charge in [-0.1, -0.05) is 47.1 Å². The van der Waals surface area contributed by atoms with Gasteiger partial charge in [0.15, 0.2) is 0 Å². The Morgan fingerprint density at radius 3 is 2.67 bits per heavy atom. The Labute approximate surface area is 143 Å². The van der Waals surface area contributed by atoms with Crippen molar-refractivity contribution in [2.45, 2.75) is 13.5 Å². The van der Waals surface area contributed by atoms with Crippen molar-refractivity contribution in [3.63, 3.8) is 0 Å². The summed E-state index contributed by atoms with van der Waals surface area (Å²) in [7, 11) is 0.